The number of allylic oxidation sites excluding steroid dienone is 1. The summed E-state index contributed by atoms with van der Waals surface area (Å²) < 4.78 is 0. The van der Waals surface area contributed by atoms with Crippen LogP contribution in [0.5, 0.6) is 0 Å². The van der Waals surface area contributed by atoms with Crippen molar-refractivity contribution in [2.75, 3.05) is 0 Å². The van der Waals surface area contributed by atoms with Crippen molar-refractivity contribution in [3.05, 3.63) is 83.9 Å². The maximum absolute atomic E-state index is 5.73. The molecule has 0 aromatic heterocycles. The van der Waals surface area contributed by atoms with Crippen molar-refractivity contribution >= 4 is 0 Å². The van der Waals surface area contributed by atoms with E-state index < -0.39 is 11.2 Å². The lowest BCUT2D eigenvalue weighted by molar-refractivity contribution is -0.410. The van der Waals surface area contributed by atoms with E-state index in [-0.39, 0.29) is 0 Å². The van der Waals surface area contributed by atoms with Crippen molar-refractivity contribution in [3.63, 3.8) is 0 Å². The molecule has 2 nitrogen and oxygen atoms in total. The highest BCUT2D eigenvalue weighted by atomic mass is 17.2. The average Bonchev–Trinajstić information content (AvgIpc) is 2.68. The number of hydrogen-bond donors (Lipinski definition) is 0. The third kappa shape index (κ3) is 7.70. The molecule has 0 radical (unpaired) electrons. The summed E-state index contributed by atoms with van der Waals surface area (Å²) in [6.07, 6.45) is 1.22. The fourth-order valence-electron chi connectivity index (χ4n) is 2.33. The van der Waals surface area contributed by atoms with Gasteiger partial charge < -0.3 is 0 Å². The smallest absolute Gasteiger partial charge is 0.123 e. The molecule has 2 heteroatoms. The van der Waals surface area contributed by atoms with Gasteiger partial charge in [0.05, 0.1) is 0 Å². The molecule has 0 fully saturated rings. The van der Waals surface area contributed by atoms with Crippen LogP contribution in [-0.4, -0.2) is 0 Å². The molecule has 148 valence electrons. The van der Waals surface area contributed by atoms with Crippen molar-refractivity contribution in [2.24, 2.45) is 5.92 Å². The van der Waals surface area contributed by atoms with Gasteiger partial charge in [-0.2, -0.15) is 0 Å². The Morgan fingerprint density at radius 1 is 0.815 bits per heavy atom. The largest absolute Gasteiger partial charge is 0.225 e. The Bertz CT molecular complexity index is 620. The summed E-state index contributed by atoms with van der Waals surface area (Å²) in [5.74, 6) is 0.708. The molecular formula is C25H36O2. The first-order valence-corrected chi connectivity index (χ1v) is 9.73. The van der Waals surface area contributed by atoms with E-state index in [2.05, 4.69) is 27.4 Å². The molecule has 0 spiro atoms. The van der Waals surface area contributed by atoms with E-state index in [0.29, 0.717) is 5.92 Å². The normalized spacial score (nSPS) is 12.7. The molecule has 2 aromatic carbocycles. The van der Waals surface area contributed by atoms with Gasteiger partial charge in [-0.1, -0.05) is 86.7 Å². The Hall–Kier alpha value is -1.90. The van der Waals surface area contributed by atoms with Crippen molar-refractivity contribution < 1.29 is 9.78 Å². The van der Waals surface area contributed by atoms with Gasteiger partial charge in [0.15, 0.2) is 0 Å². The topological polar surface area (TPSA) is 18.5 Å². The highest BCUT2D eigenvalue weighted by Crippen LogP contribution is 2.31. The van der Waals surface area contributed by atoms with Gasteiger partial charge in [-0.25, -0.2) is 9.78 Å². The van der Waals surface area contributed by atoms with Crippen LogP contribution in [-0.2, 0) is 21.0 Å². The number of benzene rings is 2. The average molecular weight is 369 g/mol. The Morgan fingerprint density at radius 2 is 1.15 bits per heavy atom. The zero-order valence-corrected chi connectivity index (χ0v) is 18.1. The van der Waals surface area contributed by atoms with Gasteiger partial charge in [0, 0.05) is 0 Å². The third-order valence-electron chi connectivity index (χ3n) is 4.85. The number of rotatable bonds is 7. The van der Waals surface area contributed by atoms with E-state index in [1.165, 1.54) is 12.0 Å². The van der Waals surface area contributed by atoms with Crippen LogP contribution in [0.2, 0.25) is 0 Å². The van der Waals surface area contributed by atoms with Crippen LogP contribution in [0.15, 0.2) is 72.8 Å². The van der Waals surface area contributed by atoms with E-state index >= 15 is 0 Å². The predicted octanol–water partition coefficient (Wildman–Crippen LogP) is 7.41. The van der Waals surface area contributed by atoms with E-state index in [1.807, 2.05) is 88.4 Å². The predicted molar refractivity (Wildman–Crippen MR) is 115 cm³/mol. The molecule has 2 aromatic rings. The summed E-state index contributed by atoms with van der Waals surface area (Å²) in [6.45, 7) is 18.3. The van der Waals surface area contributed by atoms with Crippen molar-refractivity contribution in [3.8, 4) is 0 Å². The molecule has 0 aliphatic carbocycles. The lowest BCUT2D eigenvalue weighted by Gasteiger charge is -2.31. The Kier molecular flexibility index (Phi) is 8.95. The second-order valence-corrected chi connectivity index (χ2v) is 8.07. The first-order chi connectivity index (χ1) is 12.6. The molecular weight excluding hydrogens is 332 g/mol. The van der Waals surface area contributed by atoms with E-state index in [1.54, 1.807) is 0 Å². The van der Waals surface area contributed by atoms with Gasteiger partial charge in [-0.15, -0.1) is 0 Å². The lowest BCUT2D eigenvalue weighted by atomic mass is 9.98. The van der Waals surface area contributed by atoms with E-state index in [0.717, 1.165) is 11.1 Å². The summed E-state index contributed by atoms with van der Waals surface area (Å²) in [6, 6.07) is 20.2. The molecule has 1 unspecified atom stereocenters. The minimum atomic E-state index is -0.493. The molecule has 0 N–H and O–H groups in total. The maximum Gasteiger partial charge on any atom is 0.123 e. The zero-order chi connectivity index (χ0) is 20.5. The summed E-state index contributed by atoms with van der Waals surface area (Å²) in [5.41, 5.74) is 2.48. The highest BCUT2D eigenvalue weighted by molar-refractivity contribution is 5.22. The van der Waals surface area contributed by atoms with Gasteiger partial charge >= 0.3 is 0 Å². The standard InChI is InChI=1S/C18H22O2.C7H14/c1-17(2,15-11-7-5-8-12-15)19-20-18(3,4)16-13-9-6-10-14-16;1-5-7(4)6(2)3/h5-14H,1-4H3;7H,2,5H2,1,3-4H3. The quantitative estimate of drug-likeness (QED) is 0.288. The molecule has 0 saturated heterocycles. The monoisotopic (exact) mass is 368 g/mol. The van der Waals surface area contributed by atoms with Gasteiger partial charge in [0.25, 0.3) is 0 Å². The van der Waals surface area contributed by atoms with Gasteiger partial charge in [-0.05, 0) is 58.1 Å². The Balaban J connectivity index is 0.000000445. The third-order valence-corrected chi connectivity index (χ3v) is 4.85. The van der Waals surface area contributed by atoms with E-state index in [4.69, 9.17) is 9.78 Å². The minimum absolute atomic E-state index is 0.493. The zero-order valence-electron chi connectivity index (χ0n) is 18.1. The first kappa shape index (κ1) is 23.1. The summed E-state index contributed by atoms with van der Waals surface area (Å²) in [5, 5.41) is 0. The Morgan fingerprint density at radius 3 is 1.37 bits per heavy atom. The molecule has 1 atom stereocenters. The molecule has 0 saturated carbocycles. The van der Waals surface area contributed by atoms with Crippen LogP contribution >= 0.6 is 0 Å². The SMILES string of the molecule is C=C(C)C(C)CC.CC(C)(OOC(C)(C)c1ccccc1)c1ccccc1. The summed E-state index contributed by atoms with van der Waals surface area (Å²) in [7, 11) is 0. The number of hydrogen-bond acceptors (Lipinski definition) is 2. The highest BCUT2D eigenvalue weighted by Gasteiger charge is 2.29. The minimum Gasteiger partial charge on any atom is -0.225 e. The molecule has 0 aliphatic heterocycles. The second-order valence-electron chi connectivity index (χ2n) is 8.07. The van der Waals surface area contributed by atoms with Crippen LogP contribution in [0.25, 0.3) is 0 Å². The van der Waals surface area contributed by atoms with Crippen LogP contribution in [0.3, 0.4) is 0 Å². The molecule has 0 heterocycles. The maximum atomic E-state index is 5.73. The molecule has 0 bridgehead atoms. The van der Waals surface area contributed by atoms with Crippen molar-refractivity contribution in [1.29, 1.82) is 0 Å². The molecule has 0 aliphatic rings. The van der Waals surface area contributed by atoms with Crippen molar-refractivity contribution in [2.45, 2.75) is 66.1 Å². The molecule has 27 heavy (non-hydrogen) atoms. The first-order valence-electron chi connectivity index (χ1n) is 9.73. The lowest BCUT2D eigenvalue weighted by Crippen LogP contribution is -2.29. The van der Waals surface area contributed by atoms with Crippen LogP contribution in [0.4, 0.5) is 0 Å². The van der Waals surface area contributed by atoms with Crippen LogP contribution in [0.1, 0.15) is 66.0 Å². The molecule has 2 rings (SSSR count). The van der Waals surface area contributed by atoms with Crippen LogP contribution < -0.4 is 0 Å². The Labute approximate surface area is 166 Å². The van der Waals surface area contributed by atoms with Gasteiger partial charge in [0.1, 0.15) is 11.2 Å². The van der Waals surface area contributed by atoms with Gasteiger partial charge in [0.2, 0.25) is 0 Å². The fourth-order valence-corrected chi connectivity index (χ4v) is 2.33. The second kappa shape index (κ2) is 10.4. The summed E-state index contributed by atoms with van der Waals surface area (Å²) >= 11 is 0. The van der Waals surface area contributed by atoms with E-state index in [9.17, 15) is 0 Å². The molecule has 0 amide bonds. The van der Waals surface area contributed by atoms with Crippen LogP contribution in [0, 0.1) is 5.92 Å². The van der Waals surface area contributed by atoms with Crippen molar-refractivity contribution in [1.82, 2.24) is 0 Å². The fraction of sp³-hybridized carbons (Fsp3) is 0.440. The van der Waals surface area contributed by atoms with Gasteiger partial charge in [-0.3, -0.25) is 0 Å². The summed E-state index contributed by atoms with van der Waals surface area (Å²) in [4.78, 5) is 11.5.